The fraction of sp³-hybridized carbons (Fsp3) is 0.176. The fourth-order valence-corrected chi connectivity index (χ4v) is 1.77. The maximum atomic E-state index is 9.56. The Morgan fingerprint density at radius 2 is 1.17 bits per heavy atom. The Bertz CT molecular complexity index is 671. The summed E-state index contributed by atoms with van der Waals surface area (Å²) in [6.07, 6.45) is 4.15. The van der Waals surface area contributed by atoms with Gasteiger partial charge in [-0.15, -0.1) is 0 Å². The van der Waals surface area contributed by atoms with E-state index in [1.807, 2.05) is 24.3 Å². The number of phenolic OH excluding ortho intramolecular Hbond substituents is 2. The Labute approximate surface area is 147 Å². The van der Waals surface area contributed by atoms with Gasteiger partial charge in [0.25, 0.3) is 0 Å². The summed E-state index contributed by atoms with van der Waals surface area (Å²) in [4.78, 5) is 8.51. The molecule has 6 nitrogen and oxygen atoms in total. The Kier molecular flexibility index (Phi) is 9.89. The average Bonchev–Trinajstić information content (AvgIpc) is 2.58. The number of nitrogens with zero attached hydrogens (tertiary/aromatic N) is 2. The van der Waals surface area contributed by atoms with E-state index in [-0.39, 0.29) is 11.5 Å². The van der Waals surface area contributed by atoms with Crippen LogP contribution in [0.15, 0.2) is 58.5 Å². The van der Waals surface area contributed by atoms with Crippen LogP contribution >= 0.6 is 0 Å². The molecule has 0 radical (unpaired) electrons. The van der Waals surface area contributed by atoms with Crippen molar-refractivity contribution in [2.24, 2.45) is 9.98 Å². The molecule has 128 valence electrons. The molecule has 0 saturated carbocycles. The van der Waals surface area contributed by atoms with Crippen molar-refractivity contribution in [2.75, 3.05) is 13.1 Å². The van der Waals surface area contributed by atoms with E-state index < -0.39 is 17.0 Å². The van der Waals surface area contributed by atoms with Crippen molar-refractivity contribution in [3.05, 3.63) is 59.7 Å². The molecule has 2 aromatic carbocycles. The number of para-hydroxylation sites is 2. The quantitative estimate of drug-likeness (QED) is 0.431. The summed E-state index contributed by atoms with van der Waals surface area (Å²) in [5, 5.41) is 19.1. The molecule has 0 heterocycles. The monoisotopic (exact) mass is 416 g/mol. The van der Waals surface area contributed by atoms with Gasteiger partial charge in [-0.25, -0.2) is 0 Å². The van der Waals surface area contributed by atoms with E-state index in [0.29, 0.717) is 13.1 Å². The first kappa shape index (κ1) is 19.6. The summed E-state index contributed by atoms with van der Waals surface area (Å²) in [5.41, 5.74) is 1.44. The number of benzene rings is 2. The van der Waals surface area contributed by atoms with Gasteiger partial charge in [0.1, 0.15) is 11.5 Å². The van der Waals surface area contributed by atoms with Crippen molar-refractivity contribution >= 4 is 12.4 Å². The molecule has 0 unspecified atom stereocenters. The average molecular weight is 415 g/mol. The molecule has 7 heteroatoms. The van der Waals surface area contributed by atoms with Gasteiger partial charge < -0.3 is 10.2 Å². The fourth-order valence-electron chi connectivity index (χ4n) is 1.77. The number of hydrogen-bond donors (Lipinski definition) is 2. The predicted molar refractivity (Wildman–Crippen MR) is 87.1 cm³/mol. The molecule has 0 bridgehead atoms. The second kappa shape index (κ2) is 12.1. The molecule has 2 aromatic rings. The van der Waals surface area contributed by atoms with Crippen LogP contribution in [0.2, 0.25) is 0 Å². The summed E-state index contributed by atoms with van der Waals surface area (Å²) in [5.74, 6) is 0.470. The van der Waals surface area contributed by atoms with Gasteiger partial charge in [0.05, 0.1) is 0 Å². The van der Waals surface area contributed by atoms with Gasteiger partial charge in [-0.2, -0.15) is 0 Å². The molecule has 0 atom stereocenters. The summed E-state index contributed by atoms with van der Waals surface area (Å²) < 4.78 is 16.9. The van der Waals surface area contributed by atoms with Crippen LogP contribution in [-0.4, -0.2) is 35.7 Å². The van der Waals surface area contributed by atoms with Gasteiger partial charge in [0.2, 0.25) is 0 Å². The van der Waals surface area contributed by atoms with E-state index in [1.165, 1.54) is 0 Å². The number of hydrogen-bond acceptors (Lipinski definition) is 6. The molecular weight excluding hydrogens is 397 g/mol. The third-order valence-electron chi connectivity index (χ3n) is 2.91. The molecule has 0 saturated heterocycles. The van der Waals surface area contributed by atoms with Gasteiger partial charge in [0, 0.05) is 36.6 Å². The molecule has 0 aliphatic rings. The topological polar surface area (TPSA) is 99.3 Å². The standard InChI is InChI=1S/C17H18N2O2.2O.Ru/c20-16-8-3-1-6-14(16)12-18-10-5-11-19-13-15-7-2-4-9-17(15)21;;;/h1-4,6-9,12-13,20-21H,5,10-11H2;;;. The third-order valence-corrected chi connectivity index (χ3v) is 2.91. The third kappa shape index (κ3) is 7.74. The first-order valence-corrected chi connectivity index (χ1v) is 8.54. The zero-order valence-electron chi connectivity index (χ0n) is 12.9. The van der Waals surface area contributed by atoms with Crippen LogP contribution in [-0.2, 0) is 24.2 Å². The van der Waals surface area contributed by atoms with Gasteiger partial charge in [0.15, 0.2) is 0 Å². The second-order valence-electron chi connectivity index (χ2n) is 4.60. The van der Waals surface area contributed by atoms with E-state index >= 15 is 0 Å². The summed E-state index contributed by atoms with van der Waals surface area (Å²) >= 11 is -1.79. The minimum atomic E-state index is -1.79. The first-order chi connectivity index (χ1) is 11.7. The molecule has 24 heavy (non-hydrogen) atoms. The van der Waals surface area contributed by atoms with Crippen LogP contribution in [0.5, 0.6) is 11.5 Å². The SMILES string of the molecule is Oc1ccccc1C=NCCCN=Cc1ccccc1O.[O]=[Ru]=[O]. The van der Waals surface area contributed by atoms with Crippen LogP contribution in [0.25, 0.3) is 0 Å². The Balaban J connectivity index is 0.000000891. The normalized spacial score (nSPS) is 10.7. The molecule has 0 aliphatic carbocycles. The van der Waals surface area contributed by atoms with Crippen LogP contribution in [0, 0.1) is 0 Å². The predicted octanol–water partition coefficient (Wildman–Crippen LogP) is 2.79. The second-order valence-corrected chi connectivity index (χ2v) is 4.89. The van der Waals surface area contributed by atoms with Crippen LogP contribution in [0.3, 0.4) is 0 Å². The van der Waals surface area contributed by atoms with Crippen molar-refractivity contribution in [3.63, 3.8) is 0 Å². The molecule has 0 aromatic heterocycles. The summed E-state index contributed by atoms with van der Waals surface area (Å²) in [6.45, 7) is 1.29. The molecule has 2 rings (SSSR count). The van der Waals surface area contributed by atoms with Crippen LogP contribution in [0.1, 0.15) is 17.5 Å². The molecule has 0 spiro atoms. The number of rotatable bonds is 6. The summed E-state index contributed by atoms with van der Waals surface area (Å²) in [7, 11) is 0. The first-order valence-electron chi connectivity index (χ1n) is 7.12. The number of aliphatic imine (C=N–C) groups is 2. The molecule has 2 N–H and O–H groups in total. The van der Waals surface area contributed by atoms with E-state index in [9.17, 15) is 10.2 Å². The Morgan fingerprint density at radius 1 is 0.792 bits per heavy atom. The Morgan fingerprint density at radius 3 is 1.54 bits per heavy atom. The van der Waals surface area contributed by atoms with Gasteiger partial charge in [-0.05, 0) is 30.7 Å². The molecular formula is C17H18N2O4Ru. The van der Waals surface area contributed by atoms with E-state index in [2.05, 4.69) is 9.98 Å². The van der Waals surface area contributed by atoms with Crippen molar-refractivity contribution in [2.45, 2.75) is 6.42 Å². The minimum absolute atomic E-state index is 0.235. The zero-order chi connectivity index (χ0) is 17.6. The number of phenols is 2. The molecule has 0 aliphatic heterocycles. The van der Waals surface area contributed by atoms with Gasteiger partial charge >= 0.3 is 24.2 Å². The zero-order valence-corrected chi connectivity index (χ0v) is 14.6. The van der Waals surface area contributed by atoms with Crippen LogP contribution < -0.4 is 0 Å². The van der Waals surface area contributed by atoms with Crippen molar-refractivity contribution in [1.82, 2.24) is 0 Å². The van der Waals surface area contributed by atoms with E-state index in [0.717, 1.165) is 17.5 Å². The Hall–Kier alpha value is -2.40. The van der Waals surface area contributed by atoms with Crippen molar-refractivity contribution < 1.29 is 34.4 Å². The van der Waals surface area contributed by atoms with Gasteiger partial charge in [-0.1, -0.05) is 24.3 Å². The van der Waals surface area contributed by atoms with Crippen LogP contribution in [0.4, 0.5) is 0 Å². The van der Waals surface area contributed by atoms with E-state index in [4.69, 9.17) is 7.15 Å². The van der Waals surface area contributed by atoms with Crippen molar-refractivity contribution in [3.8, 4) is 11.5 Å². The maximum absolute atomic E-state index is 9.56. The van der Waals surface area contributed by atoms with E-state index in [1.54, 1.807) is 36.7 Å². The summed E-state index contributed by atoms with van der Waals surface area (Å²) in [6, 6.07) is 14.2. The molecule has 0 amide bonds. The molecule has 0 fully saturated rings. The van der Waals surface area contributed by atoms with Gasteiger partial charge in [-0.3, -0.25) is 9.98 Å². The number of aromatic hydroxyl groups is 2. The van der Waals surface area contributed by atoms with Crippen molar-refractivity contribution in [1.29, 1.82) is 0 Å².